The fourth-order valence-electron chi connectivity index (χ4n) is 2.53. The summed E-state index contributed by atoms with van der Waals surface area (Å²) in [4.78, 5) is 12.1. The van der Waals surface area contributed by atoms with Crippen LogP contribution >= 0.6 is 23.2 Å². The van der Waals surface area contributed by atoms with Gasteiger partial charge in [-0.3, -0.25) is 4.68 Å². The van der Waals surface area contributed by atoms with Crippen LogP contribution in [0.2, 0.25) is 10.0 Å². The number of aromatic nitrogens is 2. The summed E-state index contributed by atoms with van der Waals surface area (Å²) in [6.45, 7) is 1.42. The normalized spacial score (nSPS) is 10.5. The SMILES string of the molecule is O=C(NCc1ccc(Cl)cc1Cl)NCc1ccccc1Cn1cccn1. The molecule has 0 fully saturated rings. The van der Waals surface area contributed by atoms with E-state index >= 15 is 0 Å². The first kappa shape index (κ1) is 18.3. The minimum absolute atomic E-state index is 0.259. The van der Waals surface area contributed by atoms with Gasteiger partial charge < -0.3 is 10.6 Å². The van der Waals surface area contributed by atoms with E-state index in [1.807, 2.05) is 41.2 Å². The predicted molar refractivity (Wildman–Crippen MR) is 103 cm³/mol. The smallest absolute Gasteiger partial charge is 0.315 e. The Hall–Kier alpha value is -2.50. The molecule has 0 unspecified atom stereocenters. The number of carbonyl (C=O) groups is 1. The van der Waals surface area contributed by atoms with Crippen LogP contribution in [0.25, 0.3) is 0 Å². The zero-order valence-corrected chi connectivity index (χ0v) is 15.5. The van der Waals surface area contributed by atoms with Crippen molar-refractivity contribution < 1.29 is 4.79 Å². The van der Waals surface area contributed by atoms with Gasteiger partial charge in [0.2, 0.25) is 0 Å². The maximum atomic E-state index is 12.1. The van der Waals surface area contributed by atoms with E-state index in [4.69, 9.17) is 23.2 Å². The van der Waals surface area contributed by atoms with Crippen LogP contribution in [0, 0.1) is 0 Å². The maximum Gasteiger partial charge on any atom is 0.315 e. The Labute approximate surface area is 161 Å². The molecule has 0 atom stereocenters. The highest BCUT2D eigenvalue weighted by Gasteiger charge is 2.07. The molecule has 2 amide bonds. The van der Waals surface area contributed by atoms with Crippen LogP contribution < -0.4 is 10.6 Å². The molecule has 3 rings (SSSR count). The molecule has 134 valence electrons. The number of carbonyl (C=O) groups excluding carboxylic acids is 1. The van der Waals surface area contributed by atoms with Gasteiger partial charge in [-0.2, -0.15) is 5.10 Å². The highest BCUT2D eigenvalue weighted by molar-refractivity contribution is 6.35. The lowest BCUT2D eigenvalue weighted by Crippen LogP contribution is -2.34. The second-order valence-electron chi connectivity index (χ2n) is 5.74. The second-order valence-corrected chi connectivity index (χ2v) is 6.59. The summed E-state index contributed by atoms with van der Waals surface area (Å²) < 4.78 is 1.85. The van der Waals surface area contributed by atoms with E-state index in [0.29, 0.717) is 29.7 Å². The van der Waals surface area contributed by atoms with Crippen molar-refractivity contribution in [3.05, 3.63) is 87.7 Å². The third kappa shape index (κ3) is 5.00. The quantitative estimate of drug-likeness (QED) is 0.663. The van der Waals surface area contributed by atoms with Gasteiger partial charge in [0.05, 0.1) is 6.54 Å². The Bertz CT molecular complexity index is 881. The van der Waals surface area contributed by atoms with Crippen molar-refractivity contribution in [2.75, 3.05) is 0 Å². The molecule has 1 aromatic heterocycles. The summed E-state index contributed by atoms with van der Waals surface area (Å²) in [5.41, 5.74) is 2.96. The number of halogens is 2. The molecule has 26 heavy (non-hydrogen) atoms. The molecule has 0 aliphatic carbocycles. The van der Waals surface area contributed by atoms with E-state index in [2.05, 4.69) is 15.7 Å². The van der Waals surface area contributed by atoms with Gasteiger partial charge in [0.25, 0.3) is 0 Å². The minimum Gasteiger partial charge on any atom is -0.334 e. The topological polar surface area (TPSA) is 59.0 Å². The number of benzene rings is 2. The zero-order chi connectivity index (χ0) is 18.4. The standard InChI is InChI=1S/C19H18Cl2N4O/c20-17-7-6-15(18(21)10-17)12-23-19(26)22-11-14-4-1-2-5-16(14)13-25-9-3-8-24-25/h1-10H,11-13H2,(H2,22,23,26). The van der Waals surface area contributed by atoms with Gasteiger partial charge in [-0.25, -0.2) is 4.79 Å². The summed E-state index contributed by atoms with van der Waals surface area (Å²) in [5, 5.41) is 11.0. The molecular weight excluding hydrogens is 371 g/mol. The van der Waals surface area contributed by atoms with E-state index in [9.17, 15) is 4.79 Å². The van der Waals surface area contributed by atoms with Crippen molar-refractivity contribution in [1.29, 1.82) is 0 Å². The Morgan fingerprint density at radius 3 is 2.38 bits per heavy atom. The van der Waals surface area contributed by atoms with Crippen molar-refractivity contribution in [2.45, 2.75) is 19.6 Å². The van der Waals surface area contributed by atoms with Crippen LogP contribution in [0.5, 0.6) is 0 Å². The monoisotopic (exact) mass is 388 g/mol. The van der Waals surface area contributed by atoms with Gasteiger partial charge in [-0.1, -0.05) is 53.5 Å². The molecule has 0 radical (unpaired) electrons. The molecule has 7 heteroatoms. The highest BCUT2D eigenvalue weighted by Crippen LogP contribution is 2.20. The molecule has 1 heterocycles. The number of nitrogens with zero attached hydrogens (tertiary/aromatic N) is 2. The molecule has 5 nitrogen and oxygen atoms in total. The van der Waals surface area contributed by atoms with Gasteiger partial charge in [0.15, 0.2) is 0 Å². The Kier molecular flexibility index (Phi) is 6.15. The van der Waals surface area contributed by atoms with E-state index in [1.54, 1.807) is 24.4 Å². The third-order valence-electron chi connectivity index (χ3n) is 3.90. The van der Waals surface area contributed by atoms with Crippen LogP contribution in [-0.4, -0.2) is 15.8 Å². The second kappa shape index (κ2) is 8.74. The lowest BCUT2D eigenvalue weighted by Gasteiger charge is -2.12. The molecular formula is C19H18Cl2N4O. The number of urea groups is 1. The maximum absolute atomic E-state index is 12.1. The minimum atomic E-state index is -0.259. The van der Waals surface area contributed by atoms with Crippen LogP contribution in [0.3, 0.4) is 0 Å². The van der Waals surface area contributed by atoms with E-state index in [-0.39, 0.29) is 6.03 Å². The summed E-state index contributed by atoms with van der Waals surface area (Å²) in [5.74, 6) is 0. The lowest BCUT2D eigenvalue weighted by molar-refractivity contribution is 0.240. The van der Waals surface area contributed by atoms with E-state index < -0.39 is 0 Å². The molecule has 0 bridgehead atoms. The number of hydrogen-bond acceptors (Lipinski definition) is 2. The summed E-state index contributed by atoms with van der Waals surface area (Å²) in [7, 11) is 0. The van der Waals surface area contributed by atoms with Crippen molar-refractivity contribution in [3.63, 3.8) is 0 Å². The average Bonchev–Trinajstić information content (AvgIpc) is 3.13. The van der Waals surface area contributed by atoms with Gasteiger partial charge in [-0.05, 0) is 34.9 Å². The van der Waals surface area contributed by atoms with Crippen LogP contribution in [-0.2, 0) is 19.6 Å². The van der Waals surface area contributed by atoms with Gasteiger partial charge in [-0.15, -0.1) is 0 Å². The Morgan fingerprint density at radius 1 is 0.962 bits per heavy atom. The molecule has 0 aliphatic rings. The number of amides is 2. The Morgan fingerprint density at radius 2 is 1.69 bits per heavy atom. The zero-order valence-electron chi connectivity index (χ0n) is 14.0. The molecule has 0 saturated carbocycles. The number of nitrogens with one attached hydrogen (secondary N) is 2. The van der Waals surface area contributed by atoms with Crippen molar-refractivity contribution in [3.8, 4) is 0 Å². The van der Waals surface area contributed by atoms with E-state index in [1.165, 1.54) is 0 Å². The van der Waals surface area contributed by atoms with Crippen molar-refractivity contribution in [2.24, 2.45) is 0 Å². The van der Waals surface area contributed by atoms with Gasteiger partial charge in [0, 0.05) is 35.5 Å². The summed E-state index contributed by atoms with van der Waals surface area (Å²) in [6.07, 6.45) is 3.66. The molecule has 0 spiro atoms. The Balaban J connectivity index is 1.54. The van der Waals surface area contributed by atoms with Gasteiger partial charge >= 0.3 is 6.03 Å². The molecule has 3 aromatic rings. The predicted octanol–water partition coefficient (Wildman–Crippen LogP) is 4.24. The molecule has 0 aliphatic heterocycles. The highest BCUT2D eigenvalue weighted by atomic mass is 35.5. The van der Waals surface area contributed by atoms with Gasteiger partial charge in [0.1, 0.15) is 0 Å². The average molecular weight is 389 g/mol. The molecule has 2 aromatic carbocycles. The molecule has 2 N–H and O–H groups in total. The number of hydrogen-bond donors (Lipinski definition) is 2. The first-order chi connectivity index (χ1) is 12.6. The molecule has 0 saturated heterocycles. The third-order valence-corrected chi connectivity index (χ3v) is 4.49. The largest absolute Gasteiger partial charge is 0.334 e. The number of rotatable bonds is 6. The fraction of sp³-hybridized carbons (Fsp3) is 0.158. The van der Waals surface area contributed by atoms with E-state index in [0.717, 1.165) is 16.7 Å². The lowest BCUT2D eigenvalue weighted by atomic mass is 10.1. The van der Waals surface area contributed by atoms with Crippen molar-refractivity contribution in [1.82, 2.24) is 20.4 Å². The van der Waals surface area contributed by atoms with Crippen molar-refractivity contribution >= 4 is 29.2 Å². The van der Waals surface area contributed by atoms with Crippen LogP contribution in [0.15, 0.2) is 60.9 Å². The first-order valence-electron chi connectivity index (χ1n) is 8.11. The van der Waals surface area contributed by atoms with Crippen LogP contribution in [0.1, 0.15) is 16.7 Å². The summed E-state index contributed by atoms with van der Waals surface area (Å²) >= 11 is 12.0. The van der Waals surface area contributed by atoms with Crippen LogP contribution in [0.4, 0.5) is 4.79 Å². The summed E-state index contributed by atoms with van der Waals surface area (Å²) in [6, 6.07) is 14.8. The first-order valence-corrected chi connectivity index (χ1v) is 8.87. The fourth-order valence-corrected chi connectivity index (χ4v) is 3.01.